The number of carboxylic acids is 1. The number of non-ortho nitro benzene ring substituents is 1. The molecule has 0 aliphatic carbocycles. The number of carbonyl (C=O) groups is 2. The van der Waals surface area contributed by atoms with Crippen LogP contribution in [0, 0.1) is 10.1 Å². The molecule has 1 aromatic rings. The van der Waals surface area contributed by atoms with Crippen molar-refractivity contribution in [3.8, 4) is 0 Å². The van der Waals surface area contributed by atoms with Crippen LogP contribution in [0.5, 0.6) is 0 Å². The predicted molar refractivity (Wildman–Crippen MR) is 84.3 cm³/mol. The number of ether oxygens (including phenoxy) is 1. The maximum Gasteiger partial charge on any atom is 0.333 e. The van der Waals surface area contributed by atoms with Crippen molar-refractivity contribution in [1.82, 2.24) is 5.32 Å². The lowest BCUT2D eigenvalue weighted by molar-refractivity contribution is -0.385. The Morgan fingerprint density at radius 1 is 1.46 bits per heavy atom. The number of rotatable bonds is 4. The normalized spacial score (nSPS) is 23.4. The van der Waals surface area contributed by atoms with Gasteiger partial charge in [-0.25, -0.2) is 4.79 Å². The highest BCUT2D eigenvalue weighted by molar-refractivity contribution is 5.92. The van der Waals surface area contributed by atoms with Gasteiger partial charge in [0.05, 0.1) is 17.6 Å². The standard InChI is InChI=1S/C16H18N2O6/c1-9-13(14(19)20)8-16(10(2)17-9,15(21)24-3)11-5-4-6-12(7-11)18(22)23/h4-7,10,17H,8H2,1-3H3,(H,19,20). The number of benzene rings is 1. The molecule has 1 aliphatic rings. The van der Waals surface area contributed by atoms with Crippen molar-refractivity contribution in [2.24, 2.45) is 0 Å². The number of hydrogen-bond acceptors (Lipinski definition) is 6. The second-order valence-electron chi connectivity index (χ2n) is 5.72. The number of esters is 1. The Kier molecular flexibility index (Phi) is 4.59. The topological polar surface area (TPSA) is 119 Å². The Balaban J connectivity index is 2.68. The fourth-order valence-electron chi connectivity index (χ4n) is 3.13. The van der Waals surface area contributed by atoms with E-state index >= 15 is 0 Å². The van der Waals surface area contributed by atoms with E-state index in [2.05, 4.69) is 5.32 Å². The van der Waals surface area contributed by atoms with Crippen molar-refractivity contribution >= 4 is 17.6 Å². The highest BCUT2D eigenvalue weighted by Crippen LogP contribution is 2.41. The van der Waals surface area contributed by atoms with Gasteiger partial charge in [0.1, 0.15) is 5.41 Å². The number of nitro groups is 1. The molecular formula is C16H18N2O6. The summed E-state index contributed by atoms with van der Waals surface area (Å²) in [6.45, 7) is 3.34. The van der Waals surface area contributed by atoms with Crippen molar-refractivity contribution in [2.75, 3.05) is 7.11 Å². The van der Waals surface area contributed by atoms with E-state index in [1.165, 1.54) is 25.3 Å². The van der Waals surface area contributed by atoms with Gasteiger partial charge in [0.25, 0.3) is 5.69 Å². The van der Waals surface area contributed by atoms with Crippen LogP contribution in [0.2, 0.25) is 0 Å². The van der Waals surface area contributed by atoms with Crippen LogP contribution in [0.1, 0.15) is 25.8 Å². The van der Waals surface area contributed by atoms with E-state index in [-0.39, 0.29) is 17.7 Å². The molecule has 0 amide bonds. The van der Waals surface area contributed by atoms with E-state index in [9.17, 15) is 24.8 Å². The molecule has 1 aromatic carbocycles. The zero-order chi connectivity index (χ0) is 18.1. The van der Waals surface area contributed by atoms with Crippen LogP contribution < -0.4 is 5.32 Å². The molecular weight excluding hydrogens is 316 g/mol. The average Bonchev–Trinajstić information content (AvgIpc) is 2.54. The van der Waals surface area contributed by atoms with Crippen LogP contribution >= 0.6 is 0 Å². The minimum atomic E-state index is -1.37. The molecule has 2 atom stereocenters. The van der Waals surface area contributed by atoms with Crippen LogP contribution in [0.4, 0.5) is 5.69 Å². The van der Waals surface area contributed by atoms with Gasteiger partial charge < -0.3 is 15.2 Å². The average molecular weight is 334 g/mol. The maximum atomic E-state index is 12.6. The first-order chi connectivity index (χ1) is 11.2. The third-order valence-corrected chi connectivity index (χ3v) is 4.46. The Morgan fingerprint density at radius 2 is 2.12 bits per heavy atom. The van der Waals surface area contributed by atoms with Crippen LogP contribution in [-0.4, -0.2) is 35.1 Å². The van der Waals surface area contributed by atoms with Crippen LogP contribution in [0.15, 0.2) is 35.5 Å². The number of nitrogens with one attached hydrogen (secondary N) is 1. The summed E-state index contributed by atoms with van der Waals surface area (Å²) in [7, 11) is 1.21. The van der Waals surface area contributed by atoms with Gasteiger partial charge in [0.2, 0.25) is 0 Å². The van der Waals surface area contributed by atoms with E-state index < -0.39 is 28.3 Å². The number of nitro benzene ring substituents is 1. The second-order valence-corrected chi connectivity index (χ2v) is 5.72. The lowest BCUT2D eigenvalue weighted by Crippen LogP contribution is -2.55. The molecule has 1 aliphatic heterocycles. The van der Waals surface area contributed by atoms with E-state index in [1.807, 2.05) is 0 Å². The number of methoxy groups -OCH3 is 1. The Labute approximate surface area is 138 Å². The molecule has 0 saturated heterocycles. The number of nitrogens with zero attached hydrogens (tertiary/aromatic N) is 1. The SMILES string of the molecule is COC(=O)C1(c2cccc([N+](=O)[O-])c2)CC(C(=O)O)=C(C)NC1C. The largest absolute Gasteiger partial charge is 0.478 e. The molecule has 0 spiro atoms. The molecule has 2 unspecified atom stereocenters. The van der Waals surface area contributed by atoms with Gasteiger partial charge in [-0.1, -0.05) is 12.1 Å². The number of carbonyl (C=O) groups excluding carboxylic acids is 1. The first-order valence-electron chi connectivity index (χ1n) is 7.27. The first kappa shape index (κ1) is 17.5. The third kappa shape index (κ3) is 2.70. The fraction of sp³-hybridized carbons (Fsp3) is 0.375. The number of carboxylic acid groups (broad SMARTS) is 1. The lowest BCUT2D eigenvalue weighted by Gasteiger charge is -2.41. The van der Waals surface area contributed by atoms with Crippen LogP contribution in [0.3, 0.4) is 0 Å². The minimum absolute atomic E-state index is 0.0463. The second kappa shape index (κ2) is 6.31. The monoisotopic (exact) mass is 334 g/mol. The predicted octanol–water partition coefficient (Wildman–Crippen LogP) is 1.75. The fourth-order valence-corrected chi connectivity index (χ4v) is 3.13. The van der Waals surface area contributed by atoms with E-state index in [0.29, 0.717) is 11.3 Å². The molecule has 0 saturated carbocycles. The third-order valence-electron chi connectivity index (χ3n) is 4.46. The van der Waals surface area contributed by atoms with Crippen molar-refractivity contribution < 1.29 is 24.4 Å². The molecule has 0 aromatic heterocycles. The molecule has 2 rings (SSSR count). The minimum Gasteiger partial charge on any atom is -0.478 e. The van der Waals surface area contributed by atoms with Gasteiger partial charge >= 0.3 is 11.9 Å². The Bertz CT molecular complexity index is 742. The molecule has 1 heterocycles. The van der Waals surface area contributed by atoms with E-state index in [0.717, 1.165) is 0 Å². The Hall–Kier alpha value is -2.90. The van der Waals surface area contributed by atoms with E-state index in [4.69, 9.17) is 4.74 Å². The molecule has 24 heavy (non-hydrogen) atoms. The summed E-state index contributed by atoms with van der Waals surface area (Å²) in [6.07, 6.45) is -0.115. The van der Waals surface area contributed by atoms with Gasteiger partial charge in [-0.05, 0) is 19.4 Å². The molecule has 0 fully saturated rings. The Morgan fingerprint density at radius 3 is 2.67 bits per heavy atom. The van der Waals surface area contributed by atoms with Crippen molar-refractivity contribution in [1.29, 1.82) is 0 Å². The molecule has 2 N–H and O–H groups in total. The summed E-state index contributed by atoms with van der Waals surface area (Å²) in [5, 5.41) is 23.5. The van der Waals surface area contributed by atoms with Crippen molar-refractivity contribution in [2.45, 2.75) is 31.7 Å². The molecule has 8 heteroatoms. The molecule has 128 valence electrons. The van der Waals surface area contributed by atoms with Gasteiger partial charge in [-0.15, -0.1) is 0 Å². The zero-order valence-corrected chi connectivity index (χ0v) is 13.5. The van der Waals surface area contributed by atoms with Crippen molar-refractivity contribution in [3.63, 3.8) is 0 Å². The summed E-state index contributed by atoms with van der Waals surface area (Å²) in [5.74, 6) is -1.79. The zero-order valence-electron chi connectivity index (χ0n) is 13.5. The molecule has 0 radical (unpaired) electrons. The highest BCUT2D eigenvalue weighted by Gasteiger charge is 2.51. The van der Waals surface area contributed by atoms with E-state index in [1.54, 1.807) is 19.9 Å². The summed E-state index contributed by atoms with van der Waals surface area (Å²) < 4.78 is 4.92. The quantitative estimate of drug-likeness (QED) is 0.489. The molecule has 8 nitrogen and oxygen atoms in total. The van der Waals surface area contributed by atoms with Crippen LogP contribution in [0.25, 0.3) is 0 Å². The lowest BCUT2D eigenvalue weighted by atomic mass is 9.68. The number of hydrogen-bond donors (Lipinski definition) is 2. The summed E-state index contributed by atoms with van der Waals surface area (Å²) >= 11 is 0. The van der Waals surface area contributed by atoms with Gasteiger partial charge in [0, 0.05) is 30.3 Å². The maximum absolute atomic E-state index is 12.6. The van der Waals surface area contributed by atoms with Crippen molar-refractivity contribution in [3.05, 3.63) is 51.2 Å². The first-order valence-corrected chi connectivity index (χ1v) is 7.27. The summed E-state index contributed by atoms with van der Waals surface area (Å²) in [6, 6.07) is 5.14. The van der Waals surface area contributed by atoms with Gasteiger partial charge in [0.15, 0.2) is 0 Å². The number of allylic oxidation sites excluding steroid dienone is 1. The van der Waals surface area contributed by atoms with Crippen LogP contribution in [-0.2, 0) is 19.7 Å². The number of aliphatic carboxylic acids is 1. The van der Waals surface area contributed by atoms with Gasteiger partial charge in [-0.2, -0.15) is 0 Å². The summed E-state index contributed by atoms with van der Waals surface area (Å²) in [4.78, 5) is 34.6. The van der Waals surface area contributed by atoms with Gasteiger partial charge in [-0.3, -0.25) is 14.9 Å². The highest BCUT2D eigenvalue weighted by atomic mass is 16.6. The molecule has 0 bridgehead atoms. The smallest absolute Gasteiger partial charge is 0.333 e. The summed E-state index contributed by atoms with van der Waals surface area (Å²) in [5.41, 5.74) is -0.695.